The Morgan fingerprint density at radius 3 is 2.39 bits per heavy atom. The molecule has 1 aliphatic heterocycles. The van der Waals surface area contributed by atoms with Gasteiger partial charge in [0, 0.05) is 12.3 Å². The Morgan fingerprint density at radius 2 is 1.78 bits per heavy atom. The van der Waals surface area contributed by atoms with Gasteiger partial charge >= 0.3 is 5.97 Å². The number of hydrogen-bond donors (Lipinski definition) is 1. The van der Waals surface area contributed by atoms with Crippen LogP contribution in [0.4, 0.5) is 0 Å². The lowest BCUT2D eigenvalue weighted by atomic mass is 9.45. The summed E-state index contributed by atoms with van der Waals surface area (Å²) in [7, 11) is 0. The predicted octanol–water partition coefficient (Wildman–Crippen LogP) is 7.01. The number of fused-ring (bicyclic) bond motifs is 4. The lowest BCUT2D eigenvalue weighted by molar-refractivity contribution is -0.166. The molecule has 5 aliphatic rings. The van der Waals surface area contributed by atoms with Gasteiger partial charge in [-0.15, -0.1) is 0 Å². The topological polar surface area (TPSA) is 55.8 Å². The van der Waals surface area contributed by atoms with E-state index in [9.17, 15) is 9.90 Å². The van der Waals surface area contributed by atoms with Crippen molar-refractivity contribution in [3.05, 3.63) is 23.3 Å². The summed E-state index contributed by atoms with van der Waals surface area (Å²) >= 11 is 0. The zero-order valence-corrected chi connectivity index (χ0v) is 24.1. The van der Waals surface area contributed by atoms with E-state index < -0.39 is 5.60 Å². The van der Waals surface area contributed by atoms with E-state index in [4.69, 9.17) is 9.47 Å². The van der Waals surface area contributed by atoms with Crippen LogP contribution in [0.1, 0.15) is 107 Å². The lowest BCUT2D eigenvalue weighted by Gasteiger charge is -2.60. The average Bonchev–Trinajstić information content (AvgIpc) is 3.06. The van der Waals surface area contributed by atoms with Gasteiger partial charge in [-0.25, -0.2) is 0 Å². The van der Waals surface area contributed by atoms with Crippen molar-refractivity contribution in [3.8, 4) is 0 Å². The van der Waals surface area contributed by atoms with Gasteiger partial charge in [0.15, 0.2) is 0 Å². The molecule has 2 saturated carbocycles. The van der Waals surface area contributed by atoms with Crippen LogP contribution >= 0.6 is 0 Å². The first-order valence-electron chi connectivity index (χ1n) is 14.6. The monoisotopic (exact) mass is 498 g/mol. The van der Waals surface area contributed by atoms with Crippen molar-refractivity contribution in [1.29, 1.82) is 0 Å². The van der Waals surface area contributed by atoms with Crippen LogP contribution in [0.2, 0.25) is 0 Å². The van der Waals surface area contributed by atoms with Crippen molar-refractivity contribution >= 4 is 5.97 Å². The Kier molecular flexibility index (Phi) is 6.20. The molecule has 1 heterocycles. The van der Waals surface area contributed by atoms with E-state index in [2.05, 4.69) is 46.8 Å². The van der Waals surface area contributed by atoms with Crippen LogP contribution in [0.5, 0.6) is 0 Å². The smallest absolute Gasteiger partial charge is 0.302 e. The van der Waals surface area contributed by atoms with Crippen LogP contribution in [-0.2, 0) is 14.3 Å². The first kappa shape index (κ1) is 26.5. The summed E-state index contributed by atoms with van der Waals surface area (Å²) in [5.74, 6) is 1.55. The highest BCUT2D eigenvalue weighted by molar-refractivity contribution is 5.66. The Morgan fingerprint density at radius 1 is 1.06 bits per heavy atom. The number of ether oxygens (including phenoxy) is 2. The maximum absolute atomic E-state index is 11.8. The van der Waals surface area contributed by atoms with Crippen molar-refractivity contribution < 1.29 is 19.4 Å². The fourth-order valence-electron chi connectivity index (χ4n) is 9.91. The first-order chi connectivity index (χ1) is 16.6. The summed E-state index contributed by atoms with van der Waals surface area (Å²) in [6, 6.07) is 0. The number of carbonyl (C=O) groups excluding carboxylic acids is 1. The fourth-order valence-corrected chi connectivity index (χ4v) is 9.91. The maximum Gasteiger partial charge on any atom is 0.302 e. The van der Waals surface area contributed by atoms with Crippen LogP contribution in [0.3, 0.4) is 0 Å². The molecule has 0 amide bonds. The lowest BCUT2D eigenvalue weighted by Crippen LogP contribution is -2.55. The highest BCUT2D eigenvalue weighted by atomic mass is 16.5. The third-order valence-electron chi connectivity index (χ3n) is 12.2. The molecule has 0 aromatic rings. The second-order valence-electron chi connectivity index (χ2n) is 14.8. The number of aliphatic hydroxyl groups is 1. The van der Waals surface area contributed by atoms with E-state index in [0.29, 0.717) is 17.8 Å². The predicted molar refractivity (Wildman–Crippen MR) is 143 cm³/mol. The van der Waals surface area contributed by atoms with E-state index in [1.165, 1.54) is 19.3 Å². The SMILES string of the molecule is CC(=O)O[C@H]1CC[C@]2(C)C3=C(CC[C@H]2C1(C)C)[C@]1(C)CC[C@H]([C@H]2CC[C@H](C(C)(C)O)OC2)[C@@]1(C)C=C3. The van der Waals surface area contributed by atoms with Crippen molar-refractivity contribution in [2.45, 2.75) is 125 Å². The summed E-state index contributed by atoms with van der Waals surface area (Å²) in [5.41, 5.74) is 3.02. The minimum Gasteiger partial charge on any atom is -0.462 e. The minimum absolute atomic E-state index is 0.0125. The Balaban J connectivity index is 1.42. The summed E-state index contributed by atoms with van der Waals surface area (Å²) in [4.78, 5) is 11.8. The molecule has 3 fully saturated rings. The van der Waals surface area contributed by atoms with Gasteiger partial charge in [-0.1, -0.05) is 52.3 Å². The average molecular weight is 499 g/mol. The molecule has 4 heteroatoms. The van der Waals surface area contributed by atoms with Crippen LogP contribution in [0.25, 0.3) is 0 Å². The molecule has 8 atom stereocenters. The second-order valence-corrected chi connectivity index (χ2v) is 14.8. The summed E-state index contributed by atoms with van der Waals surface area (Å²) in [6.45, 7) is 18.4. The van der Waals surface area contributed by atoms with Gasteiger partial charge in [-0.05, 0) is 105 Å². The minimum atomic E-state index is -0.764. The Labute approximate surface area is 219 Å². The largest absolute Gasteiger partial charge is 0.462 e. The van der Waals surface area contributed by atoms with Crippen LogP contribution in [0, 0.1) is 39.4 Å². The van der Waals surface area contributed by atoms with Gasteiger partial charge in [0.25, 0.3) is 0 Å². The molecule has 0 aromatic heterocycles. The molecular weight excluding hydrogens is 448 g/mol. The standard InChI is InChI=1S/C32H50O4/c1-20(33)36-26-15-16-30(6)23-14-18-31(7)22(21-9-12-27(35-19-21)29(4,5)34)13-17-32(31,8)24(23)10-11-25(30)28(26,2)3/h14,18,21-22,25-27,34H,9-13,15-17,19H2,1-8H3/t21-,22+,25-,26-,27+,30+,31+,32-/m0/s1. The normalized spacial score (nSPS) is 46.1. The first-order valence-corrected chi connectivity index (χ1v) is 14.6. The molecular formula is C32H50O4. The molecule has 1 saturated heterocycles. The second kappa shape index (κ2) is 8.43. The van der Waals surface area contributed by atoms with E-state index in [0.717, 1.165) is 38.7 Å². The molecule has 0 radical (unpaired) electrons. The third-order valence-corrected chi connectivity index (χ3v) is 12.2. The number of esters is 1. The van der Waals surface area contributed by atoms with E-state index in [-0.39, 0.29) is 39.8 Å². The molecule has 0 bridgehead atoms. The summed E-state index contributed by atoms with van der Waals surface area (Å²) in [6.07, 6.45) is 14.1. The summed E-state index contributed by atoms with van der Waals surface area (Å²) < 4.78 is 12.1. The number of carbonyl (C=O) groups is 1. The molecule has 1 N–H and O–H groups in total. The van der Waals surface area contributed by atoms with Crippen molar-refractivity contribution in [2.24, 2.45) is 39.4 Å². The number of allylic oxidation sites excluding steroid dienone is 4. The quantitative estimate of drug-likeness (QED) is 0.425. The maximum atomic E-state index is 11.8. The van der Waals surface area contributed by atoms with Crippen LogP contribution < -0.4 is 0 Å². The van der Waals surface area contributed by atoms with Gasteiger partial charge in [0.2, 0.25) is 0 Å². The fraction of sp³-hybridized carbons (Fsp3) is 0.844. The molecule has 36 heavy (non-hydrogen) atoms. The number of hydrogen-bond acceptors (Lipinski definition) is 4. The van der Waals surface area contributed by atoms with Gasteiger partial charge in [-0.3, -0.25) is 4.79 Å². The molecule has 0 aromatic carbocycles. The van der Waals surface area contributed by atoms with Gasteiger partial charge < -0.3 is 14.6 Å². The Bertz CT molecular complexity index is 961. The highest BCUT2D eigenvalue weighted by Crippen LogP contribution is 2.71. The third kappa shape index (κ3) is 3.71. The van der Waals surface area contributed by atoms with E-state index >= 15 is 0 Å². The molecule has 5 rings (SSSR count). The highest BCUT2D eigenvalue weighted by Gasteiger charge is 2.63. The van der Waals surface area contributed by atoms with E-state index in [1.54, 1.807) is 18.1 Å². The molecule has 4 aliphatic carbocycles. The molecule has 0 spiro atoms. The molecule has 0 unspecified atom stereocenters. The van der Waals surface area contributed by atoms with E-state index in [1.807, 2.05) is 13.8 Å². The van der Waals surface area contributed by atoms with Gasteiger partial charge in [0.05, 0.1) is 18.3 Å². The van der Waals surface area contributed by atoms with Gasteiger partial charge in [0.1, 0.15) is 6.10 Å². The van der Waals surface area contributed by atoms with Crippen molar-refractivity contribution in [2.75, 3.05) is 6.61 Å². The Hall–Kier alpha value is -1.13. The summed E-state index contributed by atoms with van der Waals surface area (Å²) in [5, 5.41) is 10.5. The molecule has 202 valence electrons. The zero-order valence-electron chi connectivity index (χ0n) is 24.1. The number of rotatable bonds is 3. The zero-order chi connectivity index (χ0) is 26.3. The van der Waals surface area contributed by atoms with Crippen molar-refractivity contribution in [1.82, 2.24) is 0 Å². The van der Waals surface area contributed by atoms with Crippen LogP contribution in [-0.4, -0.2) is 35.5 Å². The van der Waals surface area contributed by atoms with Crippen molar-refractivity contribution in [3.63, 3.8) is 0 Å². The van der Waals surface area contributed by atoms with Crippen LogP contribution in [0.15, 0.2) is 23.3 Å². The van der Waals surface area contributed by atoms with Gasteiger partial charge in [-0.2, -0.15) is 0 Å². The molecule has 4 nitrogen and oxygen atoms in total.